The maximum Gasteiger partial charge on any atom is 0.343 e. The van der Waals surface area contributed by atoms with E-state index in [0.29, 0.717) is 0 Å². The van der Waals surface area contributed by atoms with E-state index < -0.39 is 17.2 Å². The van der Waals surface area contributed by atoms with Gasteiger partial charge in [0.25, 0.3) is 0 Å². The Labute approximate surface area is 120 Å². The molecule has 0 atom stereocenters. The summed E-state index contributed by atoms with van der Waals surface area (Å²) in [7, 11) is 0. The number of ether oxygens (including phenoxy) is 1. The SMILES string of the molecule is CCOC(=O)c1c[n]([Al])c2nc(Cl)c(F)cc2c1=O. The molecule has 2 aromatic heterocycles. The molecule has 0 aliphatic heterocycles. The average Bonchev–Trinajstić information content (AvgIpc) is 2.36. The number of carbonyl (C=O) groups is 1. The zero-order valence-corrected chi connectivity index (χ0v) is 11.7. The van der Waals surface area contributed by atoms with Crippen LogP contribution in [0, 0.1) is 5.82 Å². The van der Waals surface area contributed by atoms with Crippen molar-refractivity contribution in [3.63, 3.8) is 0 Å². The standard InChI is InChI=1S/C11H8ClFN2O3.Al/c1-2-18-11(17)6-4-14-10-5(8(6)16)3-7(13)9(12)15-10;/h3-4H,2H2,1H3,(H,14,15,16,17);/q;+1/p-1. The monoisotopic (exact) mass is 296 g/mol. The topological polar surface area (TPSA) is 61.2 Å². The Kier molecular flexibility index (Phi) is 3.90. The highest BCUT2D eigenvalue weighted by Crippen LogP contribution is 2.17. The van der Waals surface area contributed by atoms with Crippen LogP contribution < -0.4 is 5.43 Å². The number of pyridine rings is 2. The molecule has 2 radical (unpaired) electrons. The Morgan fingerprint density at radius 1 is 1.63 bits per heavy atom. The molecule has 2 rings (SSSR count). The molecular formula is C11H7AlClFN2O3. The van der Waals surface area contributed by atoms with E-state index in [1.54, 1.807) is 6.92 Å². The van der Waals surface area contributed by atoms with Gasteiger partial charge >= 0.3 is 22.5 Å². The Bertz CT molecular complexity index is 732. The smallest absolute Gasteiger partial charge is 0.343 e. The van der Waals surface area contributed by atoms with Crippen LogP contribution in [-0.4, -0.2) is 37.6 Å². The van der Waals surface area contributed by atoms with Crippen LogP contribution >= 0.6 is 11.6 Å². The van der Waals surface area contributed by atoms with Crippen molar-refractivity contribution in [2.75, 3.05) is 6.61 Å². The fourth-order valence-electron chi connectivity index (χ4n) is 1.58. The molecule has 96 valence electrons. The van der Waals surface area contributed by atoms with E-state index in [4.69, 9.17) is 16.3 Å². The summed E-state index contributed by atoms with van der Waals surface area (Å²) in [6.45, 7) is 1.76. The number of fused-ring (bicyclic) bond motifs is 1. The third-order valence-corrected chi connectivity index (χ3v) is 3.07. The maximum absolute atomic E-state index is 13.4. The Balaban J connectivity index is 2.78. The Hall–Kier alpha value is -1.42. The van der Waals surface area contributed by atoms with Crippen molar-refractivity contribution in [2.24, 2.45) is 0 Å². The molecule has 0 bridgehead atoms. The van der Waals surface area contributed by atoms with Crippen LogP contribution in [0.25, 0.3) is 11.0 Å². The molecule has 0 aromatic carbocycles. The first-order valence-corrected chi connectivity index (χ1v) is 6.18. The fourth-order valence-corrected chi connectivity index (χ4v) is 2.06. The molecule has 0 aliphatic carbocycles. The summed E-state index contributed by atoms with van der Waals surface area (Å²) in [5.41, 5.74) is -0.669. The van der Waals surface area contributed by atoms with Crippen LogP contribution in [0.2, 0.25) is 5.15 Å². The molecule has 2 heterocycles. The summed E-state index contributed by atoms with van der Waals surface area (Å²) in [6.07, 6.45) is 1.26. The van der Waals surface area contributed by atoms with Crippen LogP contribution in [0.4, 0.5) is 4.39 Å². The molecule has 5 nitrogen and oxygen atoms in total. The first kappa shape index (κ1) is 14.0. The lowest BCUT2D eigenvalue weighted by Crippen LogP contribution is -2.21. The largest absolute Gasteiger partial charge is 0.462 e. The van der Waals surface area contributed by atoms with Crippen LogP contribution in [-0.2, 0) is 4.74 Å². The fraction of sp³-hybridized carbons (Fsp3) is 0.182. The number of carbonyl (C=O) groups excluding carboxylic acids is 1. The molecule has 0 spiro atoms. The third kappa shape index (κ3) is 2.50. The minimum absolute atomic E-state index is 0.0394. The molecular weight excluding hydrogens is 290 g/mol. The van der Waals surface area contributed by atoms with Crippen molar-refractivity contribution in [3.8, 4) is 0 Å². The zero-order chi connectivity index (χ0) is 14.2. The molecule has 0 fully saturated rings. The second-order valence-corrected chi connectivity index (χ2v) is 4.55. The van der Waals surface area contributed by atoms with E-state index in [1.165, 1.54) is 9.75 Å². The summed E-state index contributed by atoms with van der Waals surface area (Å²) >= 11 is 7.81. The lowest BCUT2D eigenvalue weighted by molar-refractivity contribution is 0.0524. The van der Waals surface area contributed by atoms with Gasteiger partial charge in [-0.15, -0.1) is 0 Å². The lowest BCUT2D eigenvalue weighted by atomic mass is 10.2. The Morgan fingerprint density at radius 3 is 2.95 bits per heavy atom. The Morgan fingerprint density at radius 2 is 2.32 bits per heavy atom. The molecule has 0 N–H and O–H groups in total. The van der Waals surface area contributed by atoms with Gasteiger partial charge in [-0.25, -0.2) is 14.2 Å². The summed E-state index contributed by atoms with van der Waals surface area (Å²) in [4.78, 5) is 27.5. The number of aromatic nitrogens is 2. The van der Waals surface area contributed by atoms with Crippen molar-refractivity contribution >= 4 is 45.1 Å². The number of nitrogens with zero attached hydrogens (tertiary/aromatic N) is 2. The highest BCUT2D eigenvalue weighted by Gasteiger charge is 2.17. The molecule has 8 heteroatoms. The van der Waals surface area contributed by atoms with Gasteiger partial charge in [-0.05, 0) is 19.2 Å². The lowest BCUT2D eigenvalue weighted by Gasteiger charge is -2.09. The number of halogens is 2. The third-order valence-electron chi connectivity index (χ3n) is 2.41. The molecule has 2 aromatic rings. The van der Waals surface area contributed by atoms with Gasteiger partial charge < -0.3 is 8.29 Å². The molecule has 0 saturated carbocycles. The van der Waals surface area contributed by atoms with Gasteiger partial charge in [-0.2, -0.15) is 0 Å². The quantitative estimate of drug-likeness (QED) is 0.476. The number of hydrogen-bond donors (Lipinski definition) is 0. The predicted octanol–water partition coefficient (Wildman–Crippen LogP) is 1.30. The maximum atomic E-state index is 13.4. The first-order valence-electron chi connectivity index (χ1n) is 5.29. The minimum atomic E-state index is -0.822. The van der Waals surface area contributed by atoms with E-state index >= 15 is 0 Å². The summed E-state index contributed by atoms with van der Waals surface area (Å²) in [5.74, 6) is -1.58. The number of esters is 1. The van der Waals surface area contributed by atoms with Gasteiger partial charge in [0.1, 0.15) is 11.2 Å². The molecule has 0 amide bonds. The van der Waals surface area contributed by atoms with Gasteiger partial charge in [0.05, 0.1) is 12.0 Å². The van der Waals surface area contributed by atoms with Gasteiger partial charge in [-0.1, -0.05) is 11.6 Å². The molecule has 0 unspecified atom stereocenters. The van der Waals surface area contributed by atoms with Crippen LogP contribution in [0.15, 0.2) is 17.1 Å². The zero-order valence-electron chi connectivity index (χ0n) is 9.81. The van der Waals surface area contributed by atoms with Gasteiger partial charge in [0, 0.05) is 0 Å². The second kappa shape index (κ2) is 5.29. The highest BCUT2D eigenvalue weighted by atomic mass is 35.5. The van der Waals surface area contributed by atoms with Crippen LogP contribution in [0.5, 0.6) is 0 Å². The summed E-state index contributed by atoms with van der Waals surface area (Å²) in [6, 6.07) is 0.955. The molecule has 0 saturated heterocycles. The summed E-state index contributed by atoms with van der Waals surface area (Å²) in [5, 5.41) is -0.380. The normalized spacial score (nSPS) is 10.7. The van der Waals surface area contributed by atoms with E-state index in [9.17, 15) is 14.0 Å². The minimum Gasteiger partial charge on any atom is -0.462 e. The predicted molar refractivity (Wildman–Crippen MR) is 68.1 cm³/mol. The van der Waals surface area contributed by atoms with Gasteiger partial charge in [0.15, 0.2) is 11.0 Å². The number of hydrogen-bond acceptors (Lipinski definition) is 4. The van der Waals surface area contributed by atoms with Crippen molar-refractivity contribution < 1.29 is 13.9 Å². The molecule has 19 heavy (non-hydrogen) atoms. The van der Waals surface area contributed by atoms with Crippen molar-refractivity contribution in [1.82, 2.24) is 8.53 Å². The highest BCUT2D eigenvalue weighted by molar-refractivity contribution is 6.30. The number of rotatable bonds is 2. The van der Waals surface area contributed by atoms with Crippen LogP contribution in [0.3, 0.4) is 0 Å². The molecule has 0 aliphatic rings. The van der Waals surface area contributed by atoms with E-state index in [2.05, 4.69) is 21.5 Å². The average molecular weight is 297 g/mol. The van der Waals surface area contributed by atoms with Crippen molar-refractivity contribution in [3.05, 3.63) is 39.0 Å². The van der Waals surface area contributed by atoms with Gasteiger partial charge in [0.2, 0.25) is 5.43 Å². The van der Waals surface area contributed by atoms with Crippen LogP contribution in [0.1, 0.15) is 17.3 Å². The van der Waals surface area contributed by atoms with E-state index in [1.807, 2.05) is 0 Å². The van der Waals surface area contributed by atoms with Gasteiger partial charge in [-0.3, -0.25) is 4.79 Å². The van der Waals surface area contributed by atoms with E-state index in [-0.39, 0.29) is 28.4 Å². The second-order valence-electron chi connectivity index (χ2n) is 3.63. The van der Waals surface area contributed by atoms with E-state index in [0.717, 1.165) is 6.07 Å². The van der Waals surface area contributed by atoms with Crippen molar-refractivity contribution in [2.45, 2.75) is 6.92 Å². The summed E-state index contributed by atoms with van der Waals surface area (Å²) < 4.78 is 19.5. The van der Waals surface area contributed by atoms with Crippen molar-refractivity contribution in [1.29, 1.82) is 0 Å². The first-order chi connectivity index (χ1) is 8.95.